The van der Waals surface area contributed by atoms with E-state index in [1.807, 2.05) is 0 Å². The zero-order valence-electron chi connectivity index (χ0n) is 25.4. The molecule has 10 heteroatoms. The number of halogens is 1. The maximum atomic E-state index is 13.5. The van der Waals surface area contributed by atoms with Crippen molar-refractivity contribution in [1.29, 1.82) is 0 Å². The first-order valence-corrected chi connectivity index (χ1v) is 16.1. The summed E-state index contributed by atoms with van der Waals surface area (Å²) in [5.74, 6) is 0.224. The van der Waals surface area contributed by atoms with Crippen LogP contribution < -0.4 is 15.4 Å². The molecule has 1 aliphatic heterocycles. The Kier molecular flexibility index (Phi) is 10.1. The fraction of sp³-hybridized carbons (Fsp3) is 0.606. The lowest BCUT2D eigenvalue weighted by atomic mass is 9.93. The highest BCUT2D eigenvalue weighted by atomic mass is 35.5. The quantitative estimate of drug-likeness (QED) is 0.214. The highest BCUT2D eigenvalue weighted by molar-refractivity contribution is 6.32. The maximum absolute atomic E-state index is 13.5. The molecule has 0 radical (unpaired) electrons. The molecule has 0 spiro atoms. The molecular formula is C33H45ClN4O5. The fourth-order valence-corrected chi connectivity index (χ4v) is 6.29. The second-order valence-electron chi connectivity index (χ2n) is 12.5. The predicted molar refractivity (Wildman–Crippen MR) is 167 cm³/mol. The Morgan fingerprint density at radius 2 is 1.95 bits per heavy atom. The SMILES string of the molecule is COc1cccc(Cl)c1C1(C(=O)N[C@@H](CCN(CCCCc2ccc3c(n2)NCCC3)CCOC2(C)CC2)C(=O)O)CC1. The molecule has 1 amide bonds. The number of rotatable bonds is 17. The number of carbonyl (C=O) groups excluding carboxylic acids is 1. The summed E-state index contributed by atoms with van der Waals surface area (Å²) in [7, 11) is 1.55. The van der Waals surface area contributed by atoms with Crippen molar-refractivity contribution in [2.75, 3.05) is 45.2 Å². The Bertz CT molecular complexity index is 1300. The number of carboxylic acid groups (broad SMARTS) is 1. The number of anilines is 1. The van der Waals surface area contributed by atoms with Gasteiger partial charge in [0, 0.05) is 35.9 Å². The molecule has 2 aromatic rings. The number of hydrogen-bond acceptors (Lipinski definition) is 7. The molecule has 43 heavy (non-hydrogen) atoms. The number of aromatic nitrogens is 1. The first-order valence-electron chi connectivity index (χ1n) is 15.7. The number of hydrogen-bond donors (Lipinski definition) is 3. The van der Waals surface area contributed by atoms with Crippen LogP contribution in [-0.4, -0.2) is 78.4 Å². The number of fused-ring (bicyclic) bond motifs is 1. The van der Waals surface area contributed by atoms with Gasteiger partial charge >= 0.3 is 5.97 Å². The van der Waals surface area contributed by atoms with Crippen LogP contribution in [0.25, 0.3) is 0 Å². The van der Waals surface area contributed by atoms with E-state index in [1.54, 1.807) is 25.3 Å². The second-order valence-corrected chi connectivity index (χ2v) is 12.9. The van der Waals surface area contributed by atoms with Crippen LogP contribution in [0.1, 0.15) is 75.1 Å². The van der Waals surface area contributed by atoms with E-state index in [0.717, 1.165) is 76.1 Å². The van der Waals surface area contributed by atoms with Crippen molar-refractivity contribution in [2.45, 2.75) is 88.2 Å². The van der Waals surface area contributed by atoms with Gasteiger partial charge in [0.2, 0.25) is 5.91 Å². The number of nitrogens with one attached hydrogen (secondary N) is 2. The van der Waals surface area contributed by atoms with Crippen LogP contribution in [0.4, 0.5) is 5.82 Å². The standard InChI is InChI=1S/C33H45ClN4O5/c1-32(14-15-32)43-22-21-38(19-4-3-8-24-12-11-23-7-6-18-35-29(23)36-24)20-13-26(30(39)40)37-31(41)33(16-17-33)28-25(34)9-5-10-27(28)42-2/h5,9-12,26H,3-4,6-8,13-22H2,1-2H3,(H,35,36)(H,37,41)(H,39,40)/t26-/m0/s1. The Morgan fingerprint density at radius 3 is 2.67 bits per heavy atom. The summed E-state index contributed by atoms with van der Waals surface area (Å²) in [6, 6.07) is 8.63. The van der Waals surface area contributed by atoms with Crippen molar-refractivity contribution in [2.24, 2.45) is 0 Å². The van der Waals surface area contributed by atoms with Crippen LogP contribution in [0.5, 0.6) is 5.75 Å². The Balaban J connectivity index is 1.16. The number of aryl methyl sites for hydroxylation is 2. The molecule has 0 bridgehead atoms. The average Bonchev–Trinajstić information content (AvgIpc) is 3.94. The number of carbonyl (C=O) groups is 2. The van der Waals surface area contributed by atoms with Gasteiger partial charge in [-0.25, -0.2) is 9.78 Å². The van der Waals surface area contributed by atoms with Gasteiger partial charge in [0.05, 0.1) is 24.7 Å². The molecule has 2 aliphatic carbocycles. The van der Waals surface area contributed by atoms with Crippen LogP contribution in [0, 0.1) is 0 Å². The Labute approximate surface area is 259 Å². The number of nitrogens with zero attached hydrogens (tertiary/aromatic N) is 2. The third-order valence-corrected chi connectivity index (χ3v) is 9.43. The van der Waals surface area contributed by atoms with E-state index in [0.29, 0.717) is 48.7 Å². The fourth-order valence-electron chi connectivity index (χ4n) is 5.95. The van der Waals surface area contributed by atoms with E-state index in [9.17, 15) is 14.7 Å². The zero-order chi connectivity index (χ0) is 30.5. The van der Waals surface area contributed by atoms with Crippen molar-refractivity contribution in [3.63, 3.8) is 0 Å². The predicted octanol–water partition coefficient (Wildman–Crippen LogP) is 4.99. The van der Waals surface area contributed by atoms with Crippen LogP contribution in [0.2, 0.25) is 5.02 Å². The molecule has 0 saturated heterocycles. The summed E-state index contributed by atoms with van der Waals surface area (Å²) in [4.78, 5) is 32.9. The second kappa shape index (κ2) is 13.8. The summed E-state index contributed by atoms with van der Waals surface area (Å²) in [5, 5.41) is 16.7. The number of ether oxygens (including phenoxy) is 2. The molecule has 3 N–H and O–H groups in total. The van der Waals surface area contributed by atoms with Crippen LogP contribution in [0.15, 0.2) is 30.3 Å². The molecule has 3 aliphatic rings. The van der Waals surface area contributed by atoms with Crippen molar-refractivity contribution in [3.05, 3.63) is 52.2 Å². The largest absolute Gasteiger partial charge is 0.496 e. The van der Waals surface area contributed by atoms with Gasteiger partial charge in [0.25, 0.3) is 0 Å². The zero-order valence-corrected chi connectivity index (χ0v) is 26.2. The van der Waals surface area contributed by atoms with Crippen LogP contribution >= 0.6 is 11.6 Å². The molecule has 1 aromatic heterocycles. The molecule has 9 nitrogen and oxygen atoms in total. The molecule has 5 rings (SSSR count). The highest BCUT2D eigenvalue weighted by Crippen LogP contribution is 2.54. The van der Waals surface area contributed by atoms with Gasteiger partial charge in [-0.1, -0.05) is 23.7 Å². The van der Waals surface area contributed by atoms with Gasteiger partial charge in [0.1, 0.15) is 17.6 Å². The molecule has 2 fully saturated rings. The topological polar surface area (TPSA) is 113 Å². The lowest BCUT2D eigenvalue weighted by Gasteiger charge is -2.26. The molecule has 0 unspecified atom stereocenters. The molecule has 2 saturated carbocycles. The first kappa shape index (κ1) is 31.5. The van der Waals surface area contributed by atoms with Gasteiger partial charge < -0.3 is 30.1 Å². The summed E-state index contributed by atoms with van der Waals surface area (Å²) >= 11 is 6.49. The lowest BCUT2D eigenvalue weighted by molar-refractivity contribution is -0.142. The summed E-state index contributed by atoms with van der Waals surface area (Å²) in [6.07, 6.45) is 8.75. The summed E-state index contributed by atoms with van der Waals surface area (Å²) < 4.78 is 11.6. The number of unbranched alkanes of at least 4 members (excludes halogenated alkanes) is 1. The lowest BCUT2D eigenvalue weighted by Crippen LogP contribution is -2.47. The average molecular weight is 613 g/mol. The minimum Gasteiger partial charge on any atom is -0.496 e. The molecule has 1 atom stereocenters. The van der Waals surface area contributed by atoms with Crippen molar-refractivity contribution in [3.8, 4) is 5.75 Å². The van der Waals surface area contributed by atoms with Crippen molar-refractivity contribution >= 4 is 29.3 Å². The molecule has 2 heterocycles. The van der Waals surface area contributed by atoms with Gasteiger partial charge in [-0.2, -0.15) is 0 Å². The Morgan fingerprint density at radius 1 is 1.14 bits per heavy atom. The highest BCUT2D eigenvalue weighted by Gasteiger charge is 2.54. The number of pyridine rings is 1. The normalized spacial score (nSPS) is 18.3. The van der Waals surface area contributed by atoms with Gasteiger partial charge in [0.15, 0.2) is 0 Å². The van der Waals surface area contributed by atoms with E-state index in [-0.39, 0.29) is 11.5 Å². The summed E-state index contributed by atoms with van der Waals surface area (Å²) in [6.45, 7) is 5.80. The monoisotopic (exact) mass is 612 g/mol. The van der Waals surface area contributed by atoms with Crippen molar-refractivity contribution < 1.29 is 24.2 Å². The van der Waals surface area contributed by atoms with Gasteiger partial charge in [-0.05, 0) is 101 Å². The van der Waals surface area contributed by atoms with Crippen LogP contribution in [-0.2, 0) is 32.6 Å². The van der Waals surface area contributed by atoms with Crippen molar-refractivity contribution in [1.82, 2.24) is 15.2 Å². The first-order chi connectivity index (χ1) is 20.7. The number of methoxy groups -OCH3 is 1. The van der Waals surface area contributed by atoms with Crippen LogP contribution in [0.3, 0.4) is 0 Å². The number of benzene rings is 1. The number of aliphatic carboxylic acids is 1. The van der Waals surface area contributed by atoms with Gasteiger partial charge in [-0.15, -0.1) is 0 Å². The molecule has 234 valence electrons. The van der Waals surface area contributed by atoms with E-state index in [1.165, 1.54) is 5.56 Å². The third-order valence-electron chi connectivity index (χ3n) is 9.12. The van der Waals surface area contributed by atoms with E-state index in [2.05, 4.69) is 34.6 Å². The number of amides is 1. The molecule has 1 aromatic carbocycles. The van der Waals surface area contributed by atoms with E-state index in [4.69, 9.17) is 26.1 Å². The minimum absolute atomic E-state index is 0.00620. The summed E-state index contributed by atoms with van der Waals surface area (Å²) in [5.41, 5.74) is 2.17. The van der Waals surface area contributed by atoms with E-state index >= 15 is 0 Å². The Hall–Kier alpha value is -2.88. The molecular weight excluding hydrogens is 568 g/mol. The third kappa shape index (κ3) is 7.99. The minimum atomic E-state index is -1.04. The number of carboxylic acids is 1. The maximum Gasteiger partial charge on any atom is 0.326 e. The smallest absolute Gasteiger partial charge is 0.326 e. The van der Waals surface area contributed by atoms with Gasteiger partial charge in [-0.3, -0.25) is 4.79 Å². The van der Waals surface area contributed by atoms with E-state index < -0.39 is 17.4 Å².